The van der Waals surface area contributed by atoms with E-state index < -0.39 is 0 Å². The number of rotatable bonds is 2. The van der Waals surface area contributed by atoms with Gasteiger partial charge in [-0.2, -0.15) is 0 Å². The first kappa shape index (κ1) is 16.1. The Hall–Kier alpha value is -3.08. The molecule has 0 spiro atoms. The molecule has 3 heterocycles. The number of carbonyl (C=O) groups is 1. The Morgan fingerprint density at radius 2 is 2.11 bits per heavy atom. The average molecular weight is 358 g/mol. The number of nitrogens with one attached hydrogen (secondary N) is 1. The molecule has 1 saturated heterocycles. The lowest BCUT2D eigenvalue weighted by Gasteiger charge is -2.23. The SMILES string of the molecule is Cc1ccc2nc(C3CCCN3C(=O)c3cccc4c3ccn4C)[nH]c2c1. The minimum atomic E-state index is 0.00387. The molecular formula is C22H22N4O. The van der Waals surface area contributed by atoms with Crippen LogP contribution in [0.25, 0.3) is 21.9 Å². The molecule has 136 valence electrons. The van der Waals surface area contributed by atoms with Crippen molar-refractivity contribution in [2.24, 2.45) is 7.05 Å². The Kier molecular flexibility index (Phi) is 3.57. The topological polar surface area (TPSA) is 53.9 Å². The van der Waals surface area contributed by atoms with Crippen molar-refractivity contribution in [2.45, 2.75) is 25.8 Å². The number of imidazole rings is 1. The summed E-state index contributed by atoms with van der Waals surface area (Å²) in [6, 6.07) is 14.2. The maximum absolute atomic E-state index is 13.4. The molecule has 5 nitrogen and oxygen atoms in total. The normalized spacial score (nSPS) is 17.3. The van der Waals surface area contributed by atoms with Crippen LogP contribution in [0.5, 0.6) is 0 Å². The second kappa shape index (κ2) is 5.98. The summed E-state index contributed by atoms with van der Waals surface area (Å²) in [5.74, 6) is 0.979. The first-order valence-electron chi connectivity index (χ1n) is 9.43. The third-order valence-corrected chi connectivity index (χ3v) is 5.64. The summed E-state index contributed by atoms with van der Waals surface area (Å²) in [4.78, 5) is 23.6. The Morgan fingerprint density at radius 1 is 1.22 bits per heavy atom. The van der Waals surface area contributed by atoms with Gasteiger partial charge in [0.25, 0.3) is 5.91 Å². The fraction of sp³-hybridized carbons (Fsp3) is 0.273. The number of H-pyrrole nitrogens is 1. The molecule has 0 saturated carbocycles. The highest BCUT2D eigenvalue weighted by atomic mass is 16.2. The molecule has 2 aromatic carbocycles. The molecule has 5 heteroatoms. The van der Waals surface area contributed by atoms with Crippen LogP contribution in [0.4, 0.5) is 0 Å². The summed E-state index contributed by atoms with van der Waals surface area (Å²) < 4.78 is 2.05. The Bertz CT molecular complexity index is 1170. The van der Waals surface area contributed by atoms with Gasteiger partial charge < -0.3 is 14.5 Å². The zero-order valence-electron chi connectivity index (χ0n) is 15.6. The van der Waals surface area contributed by atoms with Crippen molar-refractivity contribution < 1.29 is 4.79 Å². The van der Waals surface area contributed by atoms with Gasteiger partial charge in [0.05, 0.1) is 17.1 Å². The van der Waals surface area contributed by atoms with E-state index in [0.717, 1.165) is 52.7 Å². The van der Waals surface area contributed by atoms with E-state index in [4.69, 9.17) is 4.98 Å². The molecule has 2 aromatic heterocycles. The second-order valence-electron chi connectivity index (χ2n) is 7.46. The van der Waals surface area contributed by atoms with E-state index in [1.54, 1.807) is 0 Å². The fourth-order valence-electron chi connectivity index (χ4n) is 4.24. The van der Waals surface area contributed by atoms with Gasteiger partial charge in [0.15, 0.2) is 0 Å². The third-order valence-electron chi connectivity index (χ3n) is 5.64. The summed E-state index contributed by atoms with van der Waals surface area (Å²) in [7, 11) is 2.01. The number of amides is 1. The first-order chi connectivity index (χ1) is 13.1. The van der Waals surface area contributed by atoms with Crippen LogP contribution in [-0.4, -0.2) is 31.9 Å². The molecule has 1 unspecified atom stereocenters. The van der Waals surface area contributed by atoms with Gasteiger partial charge in [0.1, 0.15) is 5.82 Å². The predicted molar refractivity (Wildman–Crippen MR) is 107 cm³/mol. The van der Waals surface area contributed by atoms with Crippen LogP contribution in [-0.2, 0) is 7.05 Å². The highest BCUT2D eigenvalue weighted by Crippen LogP contribution is 2.34. The lowest BCUT2D eigenvalue weighted by molar-refractivity contribution is 0.0732. The van der Waals surface area contributed by atoms with Gasteiger partial charge in [-0.05, 0) is 55.7 Å². The van der Waals surface area contributed by atoms with Crippen LogP contribution in [0, 0.1) is 6.92 Å². The number of likely N-dealkylation sites (tertiary alicyclic amines) is 1. The second-order valence-corrected chi connectivity index (χ2v) is 7.46. The van der Waals surface area contributed by atoms with Crippen LogP contribution < -0.4 is 0 Å². The van der Waals surface area contributed by atoms with Gasteiger partial charge in [0, 0.05) is 36.3 Å². The Morgan fingerprint density at radius 3 is 3.00 bits per heavy atom. The van der Waals surface area contributed by atoms with Gasteiger partial charge in [-0.25, -0.2) is 4.98 Å². The molecule has 1 N–H and O–H groups in total. The Balaban J connectivity index is 1.54. The number of carbonyl (C=O) groups excluding carboxylic acids is 1. The number of hydrogen-bond acceptors (Lipinski definition) is 2. The zero-order chi connectivity index (χ0) is 18.5. The van der Waals surface area contributed by atoms with Crippen LogP contribution in [0.1, 0.15) is 40.6 Å². The number of nitrogens with zero attached hydrogens (tertiary/aromatic N) is 3. The monoisotopic (exact) mass is 358 g/mol. The van der Waals surface area contributed by atoms with E-state index in [0.29, 0.717) is 0 Å². The molecule has 0 aliphatic carbocycles. The molecule has 1 atom stereocenters. The lowest BCUT2D eigenvalue weighted by Crippen LogP contribution is -2.31. The van der Waals surface area contributed by atoms with Gasteiger partial charge in [-0.15, -0.1) is 0 Å². The van der Waals surface area contributed by atoms with E-state index in [-0.39, 0.29) is 11.9 Å². The van der Waals surface area contributed by atoms with Crippen molar-refractivity contribution in [3.63, 3.8) is 0 Å². The van der Waals surface area contributed by atoms with E-state index in [9.17, 15) is 4.79 Å². The third kappa shape index (κ3) is 2.53. The first-order valence-corrected chi connectivity index (χ1v) is 9.43. The highest BCUT2D eigenvalue weighted by Gasteiger charge is 2.33. The predicted octanol–water partition coefficient (Wildman–Crippen LogP) is 4.34. The molecule has 1 fully saturated rings. The largest absolute Gasteiger partial charge is 0.351 e. The van der Waals surface area contributed by atoms with E-state index >= 15 is 0 Å². The number of aryl methyl sites for hydroxylation is 2. The quantitative estimate of drug-likeness (QED) is 0.579. The summed E-state index contributed by atoms with van der Waals surface area (Å²) in [6.07, 6.45) is 3.94. The van der Waals surface area contributed by atoms with Crippen LogP contribution in [0.15, 0.2) is 48.7 Å². The number of aromatic amines is 1. The molecular weight excluding hydrogens is 336 g/mol. The van der Waals surface area contributed by atoms with Gasteiger partial charge in [0.2, 0.25) is 0 Å². The maximum atomic E-state index is 13.4. The minimum absolute atomic E-state index is 0.00387. The average Bonchev–Trinajstić information content (AvgIpc) is 3.38. The van der Waals surface area contributed by atoms with Crippen molar-refractivity contribution >= 4 is 27.8 Å². The van der Waals surface area contributed by atoms with Gasteiger partial charge >= 0.3 is 0 Å². The summed E-state index contributed by atoms with van der Waals surface area (Å²) in [6.45, 7) is 2.84. The van der Waals surface area contributed by atoms with Crippen molar-refractivity contribution in [3.8, 4) is 0 Å². The maximum Gasteiger partial charge on any atom is 0.255 e. The number of fused-ring (bicyclic) bond motifs is 2. The van der Waals surface area contributed by atoms with Crippen molar-refractivity contribution in [1.82, 2.24) is 19.4 Å². The number of hydrogen-bond donors (Lipinski definition) is 1. The smallest absolute Gasteiger partial charge is 0.255 e. The van der Waals surface area contributed by atoms with Gasteiger partial charge in [-0.1, -0.05) is 12.1 Å². The van der Waals surface area contributed by atoms with E-state index in [2.05, 4.69) is 34.7 Å². The fourth-order valence-corrected chi connectivity index (χ4v) is 4.24. The number of aromatic nitrogens is 3. The molecule has 27 heavy (non-hydrogen) atoms. The van der Waals surface area contributed by atoms with Crippen LogP contribution in [0.3, 0.4) is 0 Å². The van der Waals surface area contributed by atoms with E-state index in [1.807, 2.05) is 42.4 Å². The highest BCUT2D eigenvalue weighted by molar-refractivity contribution is 6.06. The van der Waals surface area contributed by atoms with Crippen molar-refractivity contribution in [3.05, 3.63) is 65.6 Å². The summed E-state index contributed by atoms with van der Waals surface area (Å²) in [5.41, 5.74) is 5.05. The zero-order valence-corrected chi connectivity index (χ0v) is 15.6. The van der Waals surface area contributed by atoms with Crippen LogP contribution in [0.2, 0.25) is 0 Å². The molecule has 0 bridgehead atoms. The van der Waals surface area contributed by atoms with Gasteiger partial charge in [-0.3, -0.25) is 4.79 Å². The molecule has 4 aromatic rings. The molecule has 1 aliphatic heterocycles. The molecule has 1 aliphatic rings. The van der Waals surface area contributed by atoms with E-state index in [1.165, 1.54) is 5.56 Å². The summed E-state index contributed by atoms with van der Waals surface area (Å²) in [5, 5.41) is 1.01. The standard InChI is InChI=1S/C22H22N4O/c1-14-8-9-17-18(13-14)24-21(23-17)20-7-4-11-26(20)22(27)16-5-3-6-19-15(16)10-12-25(19)2/h3,5-6,8-10,12-13,20H,4,7,11H2,1-2H3,(H,23,24). The summed E-state index contributed by atoms with van der Waals surface area (Å²) >= 11 is 0. The minimum Gasteiger partial charge on any atom is -0.351 e. The number of benzene rings is 2. The molecule has 1 amide bonds. The van der Waals surface area contributed by atoms with Crippen molar-refractivity contribution in [2.75, 3.05) is 6.54 Å². The molecule has 5 rings (SSSR count). The molecule has 0 radical (unpaired) electrons. The van der Waals surface area contributed by atoms with Crippen molar-refractivity contribution in [1.29, 1.82) is 0 Å². The van der Waals surface area contributed by atoms with Crippen LogP contribution >= 0.6 is 0 Å². The Labute approximate surface area is 157 Å². The lowest BCUT2D eigenvalue weighted by atomic mass is 10.1.